The van der Waals surface area contributed by atoms with Crippen LogP contribution < -0.4 is 5.32 Å². The van der Waals surface area contributed by atoms with Crippen molar-refractivity contribution in [3.05, 3.63) is 27.5 Å². The van der Waals surface area contributed by atoms with Gasteiger partial charge in [0.05, 0.1) is 21.3 Å². The van der Waals surface area contributed by atoms with Crippen LogP contribution in [0.15, 0.2) is 17.5 Å². The molecule has 0 bridgehead atoms. The molecule has 2 aromatic heterocycles. The Kier molecular flexibility index (Phi) is 8.98. The summed E-state index contributed by atoms with van der Waals surface area (Å²) in [5.41, 5.74) is 0.852. The van der Waals surface area contributed by atoms with Crippen molar-refractivity contribution in [2.45, 2.75) is 25.3 Å². The number of carbonyl (C=O) groups excluding carboxylic acids is 1. The van der Waals surface area contributed by atoms with Crippen LogP contribution in [0.1, 0.15) is 18.5 Å². The molecule has 1 saturated heterocycles. The van der Waals surface area contributed by atoms with Crippen LogP contribution in [-0.2, 0) is 11.2 Å². The van der Waals surface area contributed by atoms with E-state index in [2.05, 4.69) is 10.3 Å². The van der Waals surface area contributed by atoms with Gasteiger partial charge in [0.1, 0.15) is 5.01 Å². The van der Waals surface area contributed by atoms with Crippen LogP contribution in [0.2, 0.25) is 4.34 Å². The molecule has 1 aliphatic rings. The Morgan fingerprint density at radius 1 is 1.38 bits per heavy atom. The average molecular weight is 429 g/mol. The highest BCUT2D eigenvalue weighted by Crippen LogP contribution is 2.33. The fourth-order valence-corrected chi connectivity index (χ4v) is 4.55. The zero-order valence-electron chi connectivity index (χ0n) is 13.2. The van der Waals surface area contributed by atoms with E-state index in [1.165, 1.54) is 11.3 Å². The molecule has 134 valence electrons. The van der Waals surface area contributed by atoms with Crippen LogP contribution in [0, 0.1) is 0 Å². The Bertz CT molecular complexity index is 654. The number of thiazole rings is 1. The smallest absolute Gasteiger partial charge is 0.228 e. The van der Waals surface area contributed by atoms with Crippen molar-refractivity contribution in [3.63, 3.8) is 0 Å². The Balaban J connectivity index is 0.00000144. The van der Waals surface area contributed by atoms with Crippen molar-refractivity contribution in [1.82, 2.24) is 15.2 Å². The summed E-state index contributed by atoms with van der Waals surface area (Å²) in [6.07, 6.45) is 2.44. The number of hydrogen-bond acceptors (Lipinski definition) is 5. The Morgan fingerprint density at radius 2 is 2.08 bits per heavy atom. The van der Waals surface area contributed by atoms with Gasteiger partial charge in [0.2, 0.25) is 5.91 Å². The van der Waals surface area contributed by atoms with Gasteiger partial charge < -0.3 is 10.2 Å². The maximum atomic E-state index is 12.4. The molecule has 0 atom stereocenters. The van der Waals surface area contributed by atoms with Crippen LogP contribution in [0.5, 0.6) is 0 Å². The number of amides is 1. The topological polar surface area (TPSA) is 45.2 Å². The molecule has 0 saturated carbocycles. The molecule has 9 heteroatoms. The monoisotopic (exact) mass is 427 g/mol. The van der Waals surface area contributed by atoms with E-state index < -0.39 is 0 Å². The van der Waals surface area contributed by atoms with Gasteiger partial charge in [-0.3, -0.25) is 4.79 Å². The first-order valence-corrected chi connectivity index (χ1v) is 9.38. The van der Waals surface area contributed by atoms with Crippen molar-refractivity contribution in [1.29, 1.82) is 0 Å². The lowest BCUT2D eigenvalue weighted by atomic mass is 10.0. The molecule has 0 radical (unpaired) electrons. The second kappa shape index (κ2) is 9.94. The largest absolute Gasteiger partial charge is 0.342 e. The third kappa shape index (κ3) is 5.31. The van der Waals surface area contributed by atoms with Gasteiger partial charge >= 0.3 is 0 Å². The first-order chi connectivity index (χ1) is 10.7. The van der Waals surface area contributed by atoms with E-state index in [1.807, 2.05) is 29.5 Å². The number of piperidine rings is 1. The Labute approximate surface area is 167 Å². The van der Waals surface area contributed by atoms with Crippen molar-refractivity contribution in [2.24, 2.45) is 0 Å². The Morgan fingerprint density at radius 3 is 2.67 bits per heavy atom. The number of halogens is 3. The molecule has 4 nitrogen and oxygen atoms in total. The van der Waals surface area contributed by atoms with Crippen LogP contribution in [0.3, 0.4) is 0 Å². The second-order valence-electron chi connectivity index (χ2n) is 5.37. The summed E-state index contributed by atoms with van der Waals surface area (Å²) in [4.78, 5) is 19.9. The molecule has 1 amide bonds. The maximum absolute atomic E-state index is 12.4. The van der Waals surface area contributed by atoms with Gasteiger partial charge in [-0.25, -0.2) is 4.98 Å². The first-order valence-electron chi connectivity index (χ1n) is 7.31. The quantitative estimate of drug-likeness (QED) is 0.796. The molecule has 0 spiro atoms. The maximum Gasteiger partial charge on any atom is 0.228 e. The van der Waals surface area contributed by atoms with Crippen molar-refractivity contribution >= 4 is 65.0 Å². The van der Waals surface area contributed by atoms with Crippen molar-refractivity contribution in [3.8, 4) is 9.88 Å². The molecule has 1 N–H and O–H groups in total. The van der Waals surface area contributed by atoms with Gasteiger partial charge in [-0.2, -0.15) is 0 Å². The third-order valence-corrected chi connectivity index (χ3v) is 6.22. The van der Waals surface area contributed by atoms with Gasteiger partial charge in [-0.15, -0.1) is 47.5 Å². The summed E-state index contributed by atoms with van der Waals surface area (Å²) in [6, 6.07) is 4.39. The minimum atomic E-state index is 0. The fraction of sp³-hybridized carbons (Fsp3) is 0.467. The number of aromatic nitrogens is 1. The number of hydrogen-bond donors (Lipinski definition) is 1. The van der Waals surface area contributed by atoms with Crippen LogP contribution >= 0.6 is 59.1 Å². The molecule has 0 unspecified atom stereocenters. The minimum Gasteiger partial charge on any atom is -0.342 e. The zero-order chi connectivity index (χ0) is 15.5. The van der Waals surface area contributed by atoms with E-state index >= 15 is 0 Å². The minimum absolute atomic E-state index is 0. The lowest BCUT2D eigenvalue weighted by Crippen LogP contribution is -2.44. The summed E-state index contributed by atoms with van der Waals surface area (Å²) in [5.74, 6) is 0.176. The Hall–Kier alpha value is -0.370. The number of rotatable bonds is 4. The summed E-state index contributed by atoms with van der Waals surface area (Å²) in [5, 5.41) is 6.19. The lowest BCUT2D eigenvalue weighted by molar-refractivity contribution is -0.131. The second-order valence-corrected chi connectivity index (χ2v) is 7.94. The predicted octanol–water partition coefficient (Wildman–Crippen LogP) is 4.12. The van der Waals surface area contributed by atoms with Gasteiger partial charge in [0.25, 0.3) is 0 Å². The molecular formula is C15H20Cl3N3OS2. The molecule has 1 aliphatic heterocycles. The molecule has 0 aliphatic carbocycles. The van der Waals surface area contributed by atoms with E-state index in [0.29, 0.717) is 12.5 Å². The molecule has 3 heterocycles. The molecule has 3 rings (SSSR count). The highest BCUT2D eigenvalue weighted by molar-refractivity contribution is 7.23. The van der Waals surface area contributed by atoms with E-state index in [0.717, 1.165) is 45.8 Å². The fourth-order valence-electron chi connectivity index (χ4n) is 2.61. The number of nitrogens with zero attached hydrogens (tertiary/aromatic N) is 2. The van der Waals surface area contributed by atoms with Crippen molar-refractivity contribution in [2.75, 3.05) is 20.1 Å². The molecule has 0 aromatic carbocycles. The summed E-state index contributed by atoms with van der Waals surface area (Å²) >= 11 is 9.04. The summed E-state index contributed by atoms with van der Waals surface area (Å²) in [6.45, 7) is 1.67. The number of carbonyl (C=O) groups is 1. The zero-order valence-corrected chi connectivity index (χ0v) is 17.2. The first kappa shape index (κ1) is 21.7. The van der Waals surface area contributed by atoms with Gasteiger partial charge in [0.15, 0.2) is 0 Å². The number of nitrogens with one attached hydrogen (secondary N) is 1. The highest BCUT2D eigenvalue weighted by atomic mass is 35.5. The van der Waals surface area contributed by atoms with Crippen molar-refractivity contribution < 1.29 is 4.79 Å². The lowest BCUT2D eigenvalue weighted by Gasteiger charge is -2.31. The molecular weight excluding hydrogens is 409 g/mol. The van der Waals surface area contributed by atoms with Crippen LogP contribution in [0.25, 0.3) is 9.88 Å². The van der Waals surface area contributed by atoms with Crippen LogP contribution in [-0.4, -0.2) is 42.0 Å². The van der Waals surface area contributed by atoms with Gasteiger partial charge in [-0.05, 0) is 32.0 Å². The highest BCUT2D eigenvalue weighted by Gasteiger charge is 2.22. The summed E-state index contributed by atoms with van der Waals surface area (Å²) < 4.78 is 0.759. The third-order valence-electron chi connectivity index (χ3n) is 3.92. The van der Waals surface area contributed by atoms with E-state index in [-0.39, 0.29) is 30.7 Å². The SMILES string of the molecule is CNC1CCN(C(=O)Cc2csc(-c3ccc(Cl)s3)n2)CC1.Cl.Cl. The number of likely N-dealkylation sites (tertiary alicyclic amines) is 1. The van der Waals surface area contributed by atoms with Crippen LogP contribution in [0.4, 0.5) is 0 Å². The standard InChI is InChI=1S/C15H18ClN3OS2.2ClH/c1-17-10-4-6-19(7-5-10)14(20)8-11-9-21-15(18-11)12-2-3-13(16)22-12;;/h2-3,9-10,17H,4-8H2,1H3;2*1H. The van der Waals surface area contributed by atoms with Gasteiger partial charge in [-0.1, -0.05) is 11.6 Å². The molecule has 2 aromatic rings. The predicted molar refractivity (Wildman–Crippen MR) is 107 cm³/mol. The molecule has 24 heavy (non-hydrogen) atoms. The molecule has 1 fully saturated rings. The van der Waals surface area contributed by atoms with E-state index in [9.17, 15) is 4.79 Å². The van der Waals surface area contributed by atoms with Gasteiger partial charge in [0, 0.05) is 24.5 Å². The normalized spacial score (nSPS) is 14.8. The number of thiophene rings is 1. The summed E-state index contributed by atoms with van der Waals surface area (Å²) in [7, 11) is 1.98. The average Bonchev–Trinajstić information content (AvgIpc) is 3.16. The van der Waals surface area contributed by atoms with E-state index in [1.54, 1.807) is 11.3 Å². The van der Waals surface area contributed by atoms with E-state index in [4.69, 9.17) is 11.6 Å².